The Morgan fingerprint density at radius 1 is 1.47 bits per heavy atom. The second-order valence-electron chi connectivity index (χ2n) is 2.48. The van der Waals surface area contributed by atoms with Gasteiger partial charge in [-0.1, -0.05) is 23.9 Å². The van der Waals surface area contributed by atoms with Crippen molar-refractivity contribution in [3.8, 4) is 0 Å². The summed E-state index contributed by atoms with van der Waals surface area (Å²) in [5, 5.41) is 0.834. The van der Waals surface area contributed by atoms with Gasteiger partial charge in [-0.15, -0.1) is 0 Å². The van der Waals surface area contributed by atoms with Gasteiger partial charge < -0.3 is 0 Å². The van der Waals surface area contributed by atoms with E-state index in [1.165, 1.54) is 0 Å². The Balaban J connectivity index is 0.000000583. The molecule has 4 nitrogen and oxygen atoms in total. The lowest BCUT2D eigenvalue weighted by Crippen LogP contribution is -1.91. The van der Waals surface area contributed by atoms with Gasteiger partial charge in [0, 0.05) is 17.5 Å². The Bertz CT molecular complexity index is 372. The number of aryl methyl sites for hydroxylation is 1. The lowest BCUT2D eigenvalue weighted by molar-refractivity contribution is -0.191. The molecular weight excluding hydrogens is 212 g/mol. The number of hydrogen-bond donors (Lipinski definition) is 0. The topological polar surface area (TPSA) is 59.9 Å². The summed E-state index contributed by atoms with van der Waals surface area (Å²) < 4.78 is 0. The standard InChI is InChI=1S/C9H12N2S.CO2/c1-4-5-8-6-10-9(12-3)11-7(8)2;2-1-3/h4-6H,1-3H3;/b5-4+;. The van der Waals surface area contributed by atoms with Crippen LogP contribution in [0.3, 0.4) is 0 Å². The van der Waals surface area contributed by atoms with Gasteiger partial charge in [-0.25, -0.2) is 9.97 Å². The zero-order chi connectivity index (χ0) is 11.7. The monoisotopic (exact) mass is 224 g/mol. The van der Waals surface area contributed by atoms with Crippen molar-refractivity contribution in [3.05, 3.63) is 23.5 Å². The van der Waals surface area contributed by atoms with Gasteiger partial charge in [0.25, 0.3) is 0 Å². The maximum atomic E-state index is 8.12. The third kappa shape index (κ3) is 5.10. The van der Waals surface area contributed by atoms with Crippen LogP contribution in [0.4, 0.5) is 0 Å². The van der Waals surface area contributed by atoms with Gasteiger partial charge in [-0.2, -0.15) is 9.59 Å². The molecule has 0 aliphatic heterocycles. The molecule has 1 rings (SSSR count). The van der Waals surface area contributed by atoms with Crippen LogP contribution in [0.2, 0.25) is 0 Å². The molecule has 0 atom stereocenters. The molecule has 0 saturated heterocycles. The molecule has 1 aromatic rings. The Kier molecular flexibility index (Phi) is 7.14. The van der Waals surface area contributed by atoms with E-state index >= 15 is 0 Å². The minimum atomic E-state index is 0.250. The zero-order valence-electron chi connectivity index (χ0n) is 8.85. The van der Waals surface area contributed by atoms with Crippen LogP contribution in [0.5, 0.6) is 0 Å². The van der Waals surface area contributed by atoms with Crippen LogP contribution in [0.1, 0.15) is 18.2 Å². The first kappa shape index (κ1) is 13.5. The number of rotatable bonds is 2. The van der Waals surface area contributed by atoms with E-state index in [0.29, 0.717) is 0 Å². The highest BCUT2D eigenvalue weighted by Gasteiger charge is 1.98. The van der Waals surface area contributed by atoms with Crippen molar-refractivity contribution in [2.24, 2.45) is 0 Å². The van der Waals surface area contributed by atoms with Crippen LogP contribution in [-0.4, -0.2) is 22.4 Å². The Morgan fingerprint density at radius 2 is 2.07 bits per heavy atom. The largest absolute Gasteiger partial charge is 0.373 e. The molecule has 0 radical (unpaired) electrons. The number of nitrogens with zero attached hydrogens (tertiary/aromatic N) is 2. The number of thioether (sulfide) groups is 1. The average molecular weight is 224 g/mol. The van der Waals surface area contributed by atoms with E-state index in [1.807, 2.05) is 38.5 Å². The molecule has 1 heterocycles. The van der Waals surface area contributed by atoms with E-state index in [4.69, 9.17) is 9.59 Å². The van der Waals surface area contributed by atoms with E-state index in [0.717, 1.165) is 16.4 Å². The first-order chi connectivity index (χ1) is 7.19. The molecule has 0 bridgehead atoms. The highest BCUT2D eigenvalue weighted by Crippen LogP contribution is 2.12. The maximum Gasteiger partial charge on any atom is 0.373 e. The lowest BCUT2D eigenvalue weighted by Gasteiger charge is -1.99. The molecule has 0 fully saturated rings. The third-order valence-electron chi connectivity index (χ3n) is 1.52. The van der Waals surface area contributed by atoms with Crippen molar-refractivity contribution >= 4 is 24.0 Å². The van der Waals surface area contributed by atoms with Crippen molar-refractivity contribution < 1.29 is 9.59 Å². The van der Waals surface area contributed by atoms with E-state index in [-0.39, 0.29) is 6.15 Å². The number of hydrogen-bond acceptors (Lipinski definition) is 5. The van der Waals surface area contributed by atoms with E-state index < -0.39 is 0 Å². The molecule has 1 aromatic heterocycles. The van der Waals surface area contributed by atoms with Gasteiger partial charge in [0.2, 0.25) is 0 Å². The molecule has 0 aromatic carbocycles. The van der Waals surface area contributed by atoms with Crippen molar-refractivity contribution in [3.63, 3.8) is 0 Å². The molecule has 15 heavy (non-hydrogen) atoms. The first-order valence-electron chi connectivity index (χ1n) is 4.19. The van der Waals surface area contributed by atoms with Gasteiger partial charge >= 0.3 is 6.15 Å². The predicted molar refractivity (Wildman–Crippen MR) is 58.3 cm³/mol. The quantitative estimate of drug-likeness (QED) is 0.567. The summed E-state index contributed by atoms with van der Waals surface area (Å²) in [6.07, 6.45) is 8.09. The molecule has 0 spiro atoms. The molecule has 0 N–H and O–H groups in total. The van der Waals surface area contributed by atoms with Crippen LogP contribution >= 0.6 is 11.8 Å². The minimum Gasteiger partial charge on any atom is -0.230 e. The fraction of sp³-hybridized carbons (Fsp3) is 0.300. The van der Waals surface area contributed by atoms with Crippen molar-refractivity contribution in [2.75, 3.05) is 6.26 Å². The van der Waals surface area contributed by atoms with Gasteiger partial charge in [-0.05, 0) is 20.1 Å². The summed E-state index contributed by atoms with van der Waals surface area (Å²) in [6.45, 7) is 3.98. The number of allylic oxidation sites excluding steroid dienone is 1. The van der Waals surface area contributed by atoms with E-state index in [1.54, 1.807) is 11.8 Å². The summed E-state index contributed by atoms with van der Waals surface area (Å²) in [5.74, 6) is 0. The Labute approximate surface area is 92.8 Å². The Morgan fingerprint density at radius 3 is 2.47 bits per heavy atom. The zero-order valence-corrected chi connectivity index (χ0v) is 9.67. The van der Waals surface area contributed by atoms with Crippen LogP contribution in [0, 0.1) is 6.92 Å². The molecule has 80 valence electrons. The highest BCUT2D eigenvalue weighted by molar-refractivity contribution is 7.98. The smallest absolute Gasteiger partial charge is 0.230 e. The maximum absolute atomic E-state index is 8.12. The van der Waals surface area contributed by atoms with Crippen molar-refractivity contribution in [2.45, 2.75) is 19.0 Å². The molecule has 0 unspecified atom stereocenters. The number of carbonyl (C=O) groups excluding carboxylic acids is 2. The normalized spacial score (nSPS) is 9.27. The third-order valence-corrected chi connectivity index (χ3v) is 2.09. The van der Waals surface area contributed by atoms with Crippen molar-refractivity contribution in [1.82, 2.24) is 9.97 Å². The molecule has 0 aliphatic carbocycles. The summed E-state index contributed by atoms with van der Waals surface area (Å²) in [4.78, 5) is 24.7. The molecule has 5 heteroatoms. The molecule has 0 aliphatic rings. The van der Waals surface area contributed by atoms with Crippen LogP contribution in [0.25, 0.3) is 6.08 Å². The average Bonchev–Trinajstić information content (AvgIpc) is 2.22. The fourth-order valence-corrected chi connectivity index (χ4v) is 1.28. The summed E-state index contributed by atoms with van der Waals surface area (Å²) in [5.41, 5.74) is 2.13. The number of aromatic nitrogens is 2. The van der Waals surface area contributed by atoms with Gasteiger partial charge in [0.15, 0.2) is 5.16 Å². The second kappa shape index (κ2) is 7.91. The molecular formula is C10H12N2O2S. The molecule has 0 saturated carbocycles. The summed E-state index contributed by atoms with van der Waals surface area (Å²) in [6, 6.07) is 0. The Hall–Kier alpha value is -1.45. The summed E-state index contributed by atoms with van der Waals surface area (Å²) in [7, 11) is 0. The molecule has 0 amide bonds. The fourth-order valence-electron chi connectivity index (χ4n) is 0.897. The first-order valence-corrected chi connectivity index (χ1v) is 5.41. The van der Waals surface area contributed by atoms with Crippen LogP contribution in [0.15, 0.2) is 17.4 Å². The SMILES string of the molecule is C/C=C/c1cnc(SC)nc1C.O=C=O. The predicted octanol–water partition coefficient (Wildman–Crippen LogP) is 1.96. The summed E-state index contributed by atoms with van der Waals surface area (Å²) >= 11 is 1.56. The van der Waals surface area contributed by atoms with E-state index in [2.05, 4.69) is 9.97 Å². The second-order valence-corrected chi connectivity index (χ2v) is 3.25. The minimum absolute atomic E-state index is 0.250. The van der Waals surface area contributed by atoms with Crippen LogP contribution < -0.4 is 0 Å². The van der Waals surface area contributed by atoms with Gasteiger partial charge in [0.1, 0.15) is 0 Å². The highest BCUT2D eigenvalue weighted by atomic mass is 32.2. The van der Waals surface area contributed by atoms with Crippen LogP contribution in [-0.2, 0) is 9.59 Å². The van der Waals surface area contributed by atoms with E-state index in [9.17, 15) is 0 Å². The van der Waals surface area contributed by atoms with Gasteiger partial charge in [-0.3, -0.25) is 0 Å². The van der Waals surface area contributed by atoms with Gasteiger partial charge in [0.05, 0.1) is 0 Å². The van der Waals surface area contributed by atoms with Crippen molar-refractivity contribution in [1.29, 1.82) is 0 Å². The lowest BCUT2D eigenvalue weighted by atomic mass is 10.2.